The Morgan fingerprint density at radius 2 is 1.50 bits per heavy atom. The third kappa shape index (κ3) is 5.27. The molecule has 0 aromatic carbocycles. The molecule has 0 saturated carbocycles. The minimum Gasteiger partial charge on any atom is -0.198 e. The van der Waals surface area contributed by atoms with Gasteiger partial charge in [0, 0.05) is 19.3 Å². The summed E-state index contributed by atoms with van der Waals surface area (Å²) in [4.78, 5) is 0. The lowest BCUT2D eigenvalue weighted by Crippen LogP contribution is -1.97. The zero-order chi connectivity index (χ0) is 9.23. The molecule has 0 bridgehead atoms. The van der Waals surface area contributed by atoms with Gasteiger partial charge in [-0.15, -0.1) is 0 Å². The van der Waals surface area contributed by atoms with Crippen LogP contribution < -0.4 is 0 Å². The van der Waals surface area contributed by atoms with E-state index in [0.717, 1.165) is 12.8 Å². The summed E-state index contributed by atoms with van der Waals surface area (Å²) in [5, 5.41) is 25.0. The van der Waals surface area contributed by atoms with Gasteiger partial charge in [-0.3, -0.25) is 0 Å². The van der Waals surface area contributed by atoms with E-state index in [1.54, 1.807) is 0 Å². The minimum absolute atomic E-state index is 0.161. The largest absolute Gasteiger partial charge is 0.198 e. The first-order valence-corrected chi connectivity index (χ1v) is 3.96. The third-order valence-electron chi connectivity index (χ3n) is 1.66. The van der Waals surface area contributed by atoms with E-state index in [9.17, 15) is 0 Å². The summed E-state index contributed by atoms with van der Waals surface area (Å²) in [6, 6.07) is 6.13. The average Bonchev–Trinajstić information content (AvgIpc) is 2.06. The van der Waals surface area contributed by atoms with Crippen LogP contribution in [0.15, 0.2) is 0 Å². The number of hydrogen-bond acceptors (Lipinski definition) is 3. The van der Waals surface area contributed by atoms with E-state index in [1.165, 1.54) is 0 Å². The fourth-order valence-corrected chi connectivity index (χ4v) is 1.00. The summed E-state index contributed by atoms with van der Waals surface area (Å²) in [5.41, 5.74) is 0. The molecule has 0 rings (SSSR count). The quantitative estimate of drug-likeness (QED) is 0.580. The predicted molar refractivity (Wildman–Crippen MR) is 43.4 cm³/mol. The van der Waals surface area contributed by atoms with Gasteiger partial charge in [-0.2, -0.15) is 15.8 Å². The van der Waals surface area contributed by atoms with Crippen LogP contribution in [0.25, 0.3) is 0 Å². The normalized spacial score (nSPS) is 8.50. The van der Waals surface area contributed by atoms with Gasteiger partial charge in [-0.25, -0.2) is 0 Å². The van der Waals surface area contributed by atoms with Crippen molar-refractivity contribution < 1.29 is 0 Å². The van der Waals surface area contributed by atoms with Crippen LogP contribution in [0.5, 0.6) is 0 Å². The second-order valence-electron chi connectivity index (χ2n) is 2.64. The molecule has 0 atom stereocenters. The zero-order valence-electron chi connectivity index (χ0n) is 6.95. The van der Waals surface area contributed by atoms with Crippen molar-refractivity contribution in [1.82, 2.24) is 0 Å². The molecule has 0 aromatic rings. The maximum Gasteiger partial charge on any atom is 0.0625 e. The highest BCUT2D eigenvalue weighted by atomic mass is 14.3. The van der Waals surface area contributed by atoms with Crippen molar-refractivity contribution in [3.05, 3.63) is 0 Å². The van der Waals surface area contributed by atoms with Crippen molar-refractivity contribution in [3.8, 4) is 18.2 Å². The van der Waals surface area contributed by atoms with Gasteiger partial charge in [0.05, 0.1) is 18.2 Å². The monoisotopic (exact) mass is 161 g/mol. The highest BCUT2D eigenvalue weighted by Crippen LogP contribution is 2.15. The maximum absolute atomic E-state index is 8.40. The highest BCUT2D eigenvalue weighted by Gasteiger charge is 2.06. The molecule has 3 nitrogen and oxygen atoms in total. The van der Waals surface area contributed by atoms with E-state index in [4.69, 9.17) is 15.8 Å². The highest BCUT2D eigenvalue weighted by molar-refractivity contribution is 4.83. The molecule has 0 radical (unpaired) electrons. The Hall–Kier alpha value is -1.53. The molecule has 0 N–H and O–H groups in total. The summed E-state index contributed by atoms with van der Waals surface area (Å²) >= 11 is 0. The molecule has 12 heavy (non-hydrogen) atoms. The number of nitriles is 3. The summed E-state index contributed by atoms with van der Waals surface area (Å²) in [7, 11) is 0. The molecule has 0 amide bonds. The smallest absolute Gasteiger partial charge is 0.0625 e. The van der Waals surface area contributed by atoms with Crippen LogP contribution in [0.1, 0.15) is 32.1 Å². The minimum atomic E-state index is 0.161. The maximum atomic E-state index is 8.40. The van der Waals surface area contributed by atoms with Crippen LogP contribution in [0.3, 0.4) is 0 Å². The first-order valence-electron chi connectivity index (χ1n) is 3.96. The molecule has 0 spiro atoms. The van der Waals surface area contributed by atoms with Gasteiger partial charge in [-0.05, 0) is 18.8 Å². The third-order valence-corrected chi connectivity index (χ3v) is 1.66. The molecular weight excluding hydrogens is 150 g/mol. The molecule has 0 aliphatic rings. The van der Waals surface area contributed by atoms with Gasteiger partial charge < -0.3 is 0 Å². The lowest BCUT2D eigenvalue weighted by molar-refractivity contribution is 0.491. The Bertz CT molecular complexity index is 210. The Morgan fingerprint density at radius 1 is 0.917 bits per heavy atom. The first-order chi connectivity index (χ1) is 5.85. The van der Waals surface area contributed by atoms with E-state index >= 15 is 0 Å². The van der Waals surface area contributed by atoms with Crippen LogP contribution in [0.2, 0.25) is 0 Å². The lowest BCUT2D eigenvalue weighted by Gasteiger charge is -2.06. The fourth-order valence-electron chi connectivity index (χ4n) is 1.00. The van der Waals surface area contributed by atoms with Crippen molar-refractivity contribution in [2.75, 3.05) is 0 Å². The Kier molecular flexibility index (Phi) is 6.61. The molecule has 0 heterocycles. The van der Waals surface area contributed by atoms with E-state index in [2.05, 4.69) is 0 Å². The van der Waals surface area contributed by atoms with Gasteiger partial charge in [0.1, 0.15) is 0 Å². The predicted octanol–water partition coefficient (Wildman–Crippen LogP) is 2.12. The van der Waals surface area contributed by atoms with Crippen molar-refractivity contribution >= 4 is 0 Å². The van der Waals surface area contributed by atoms with Crippen molar-refractivity contribution in [1.29, 1.82) is 15.8 Å². The lowest BCUT2D eigenvalue weighted by atomic mass is 9.96. The molecule has 0 unspecified atom stereocenters. The topological polar surface area (TPSA) is 71.4 Å². The summed E-state index contributed by atoms with van der Waals surface area (Å²) in [6.07, 6.45) is 2.99. The summed E-state index contributed by atoms with van der Waals surface area (Å²) in [6.45, 7) is 0. The Morgan fingerprint density at radius 3 is 1.92 bits per heavy atom. The molecular formula is C9H11N3. The van der Waals surface area contributed by atoms with Crippen LogP contribution in [-0.4, -0.2) is 0 Å². The Labute approximate surface area is 72.8 Å². The number of hydrogen-bond donors (Lipinski definition) is 0. The van der Waals surface area contributed by atoms with E-state index in [0.29, 0.717) is 19.3 Å². The van der Waals surface area contributed by atoms with Gasteiger partial charge in [0.25, 0.3) is 0 Å². The standard InChI is InChI=1S/C9H11N3/c10-6-2-1-3-9(4-7-11)5-8-12/h9H,1-5H2. The van der Waals surface area contributed by atoms with Gasteiger partial charge in [0.2, 0.25) is 0 Å². The molecule has 0 saturated heterocycles. The molecule has 0 aliphatic carbocycles. The Balaban J connectivity index is 3.60. The number of rotatable bonds is 5. The van der Waals surface area contributed by atoms with E-state index in [-0.39, 0.29) is 5.92 Å². The van der Waals surface area contributed by atoms with Crippen molar-refractivity contribution in [3.63, 3.8) is 0 Å². The molecule has 3 heteroatoms. The van der Waals surface area contributed by atoms with E-state index < -0.39 is 0 Å². The molecule has 62 valence electrons. The van der Waals surface area contributed by atoms with Crippen LogP contribution in [0, 0.1) is 39.9 Å². The summed E-state index contributed by atoms with van der Waals surface area (Å²) < 4.78 is 0. The van der Waals surface area contributed by atoms with Crippen molar-refractivity contribution in [2.24, 2.45) is 5.92 Å². The second kappa shape index (κ2) is 7.58. The van der Waals surface area contributed by atoms with Crippen LogP contribution >= 0.6 is 0 Å². The van der Waals surface area contributed by atoms with Crippen LogP contribution in [0.4, 0.5) is 0 Å². The fraction of sp³-hybridized carbons (Fsp3) is 0.667. The van der Waals surface area contributed by atoms with Crippen LogP contribution in [-0.2, 0) is 0 Å². The van der Waals surface area contributed by atoms with Gasteiger partial charge >= 0.3 is 0 Å². The zero-order valence-corrected chi connectivity index (χ0v) is 6.95. The van der Waals surface area contributed by atoms with Crippen molar-refractivity contribution in [2.45, 2.75) is 32.1 Å². The SMILES string of the molecule is N#CCCCC(CC#N)CC#N. The average molecular weight is 161 g/mol. The van der Waals surface area contributed by atoms with E-state index in [1.807, 2.05) is 18.2 Å². The van der Waals surface area contributed by atoms with Gasteiger partial charge in [-0.1, -0.05) is 0 Å². The second-order valence-corrected chi connectivity index (χ2v) is 2.64. The molecule has 0 fully saturated rings. The number of nitrogens with zero attached hydrogens (tertiary/aromatic N) is 3. The van der Waals surface area contributed by atoms with Gasteiger partial charge in [0.15, 0.2) is 0 Å². The molecule has 0 aromatic heterocycles. The summed E-state index contributed by atoms with van der Waals surface area (Å²) in [5.74, 6) is 0.161. The number of unbranched alkanes of at least 4 members (excludes halogenated alkanes) is 1. The first kappa shape index (κ1) is 10.5. The molecule has 0 aliphatic heterocycles.